The largest absolute Gasteiger partial charge is 0.469 e. The molecule has 0 aromatic carbocycles. The zero-order valence-electron chi connectivity index (χ0n) is 12.2. The van der Waals surface area contributed by atoms with Gasteiger partial charge in [-0.1, -0.05) is 6.92 Å². The summed E-state index contributed by atoms with van der Waals surface area (Å²) in [6.45, 7) is 2.22. The Bertz CT molecular complexity index is 529. The molecule has 0 unspecified atom stereocenters. The molecule has 0 spiro atoms. The van der Waals surface area contributed by atoms with E-state index in [4.69, 9.17) is 13.3 Å². The maximum Gasteiger partial charge on any atom is 0.104 e. The Balaban J connectivity index is 1.86. The van der Waals surface area contributed by atoms with E-state index < -0.39 is 0 Å². The normalized spacial score (nSPS) is 11.9. The lowest BCUT2D eigenvalue weighted by atomic mass is 9.74. The van der Waals surface area contributed by atoms with Crippen molar-refractivity contribution in [1.82, 2.24) is 0 Å². The van der Waals surface area contributed by atoms with E-state index in [2.05, 4.69) is 6.92 Å². The van der Waals surface area contributed by atoms with Crippen molar-refractivity contribution >= 4 is 0 Å². The van der Waals surface area contributed by atoms with E-state index in [1.807, 2.05) is 36.4 Å². The highest BCUT2D eigenvalue weighted by Crippen LogP contribution is 2.35. The van der Waals surface area contributed by atoms with Crippen LogP contribution in [0.25, 0.3) is 0 Å². The smallest absolute Gasteiger partial charge is 0.104 e. The van der Waals surface area contributed by atoms with Gasteiger partial charge in [-0.05, 0) is 48.2 Å². The van der Waals surface area contributed by atoms with Crippen LogP contribution < -0.4 is 0 Å². The fraction of sp³-hybridized carbons (Fsp3) is 0.333. The molecule has 0 aliphatic carbocycles. The first kappa shape index (κ1) is 13.8. The van der Waals surface area contributed by atoms with E-state index in [0.717, 1.165) is 43.0 Å². The number of furan rings is 3. The molecule has 0 saturated heterocycles. The van der Waals surface area contributed by atoms with E-state index in [-0.39, 0.29) is 5.41 Å². The van der Waals surface area contributed by atoms with Gasteiger partial charge in [-0.3, -0.25) is 0 Å². The molecule has 0 atom stereocenters. The lowest BCUT2D eigenvalue weighted by molar-refractivity contribution is 0.216. The second-order valence-corrected chi connectivity index (χ2v) is 5.62. The zero-order valence-corrected chi connectivity index (χ0v) is 12.2. The van der Waals surface area contributed by atoms with E-state index in [1.165, 1.54) is 0 Å². The minimum absolute atomic E-state index is 0.0353. The standard InChI is InChI=1S/C18H20O3/c1-2-18(12-15-6-3-9-19-15,13-16-7-4-10-20-16)14-17-8-5-11-21-17/h3-11H,2,12-14H2,1H3. The summed E-state index contributed by atoms with van der Waals surface area (Å²) in [6.07, 6.45) is 8.84. The van der Waals surface area contributed by atoms with Gasteiger partial charge >= 0.3 is 0 Å². The maximum atomic E-state index is 5.57. The van der Waals surface area contributed by atoms with Gasteiger partial charge in [0.1, 0.15) is 17.3 Å². The summed E-state index contributed by atoms with van der Waals surface area (Å²) in [7, 11) is 0. The van der Waals surface area contributed by atoms with Crippen LogP contribution >= 0.6 is 0 Å². The second kappa shape index (κ2) is 6.08. The molecule has 3 heteroatoms. The number of hydrogen-bond acceptors (Lipinski definition) is 3. The molecular formula is C18H20O3. The minimum atomic E-state index is 0.0353. The molecule has 21 heavy (non-hydrogen) atoms. The Morgan fingerprint density at radius 1 is 0.714 bits per heavy atom. The monoisotopic (exact) mass is 284 g/mol. The van der Waals surface area contributed by atoms with Gasteiger partial charge in [0, 0.05) is 19.3 Å². The number of rotatable bonds is 7. The van der Waals surface area contributed by atoms with Gasteiger partial charge in [0.2, 0.25) is 0 Å². The zero-order chi connectivity index (χ0) is 14.5. The first-order valence-electron chi connectivity index (χ1n) is 7.37. The van der Waals surface area contributed by atoms with Crippen LogP contribution in [0.2, 0.25) is 0 Å². The van der Waals surface area contributed by atoms with Crippen LogP contribution in [0.15, 0.2) is 68.4 Å². The average Bonchev–Trinajstić information content (AvgIpc) is 3.21. The first-order chi connectivity index (χ1) is 10.3. The Kier molecular flexibility index (Phi) is 4.00. The topological polar surface area (TPSA) is 39.4 Å². The highest BCUT2D eigenvalue weighted by Gasteiger charge is 2.32. The quantitative estimate of drug-likeness (QED) is 0.620. The van der Waals surface area contributed by atoms with E-state index in [9.17, 15) is 0 Å². The summed E-state index contributed by atoms with van der Waals surface area (Å²) in [5.41, 5.74) is 0.0353. The van der Waals surface area contributed by atoms with Crippen molar-refractivity contribution in [1.29, 1.82) is 0 Å². The van der Waals surface area contributed by atoms with Gasteiger partial charge in [-0.25, -0.2) is 0 Å². The van der Waals surface area contributed by atoms with Crippen LogP contribution in [0.1, 0.15) is 30.6 Å². The molecule has 3 nitrogen and oxygen atoms in total. The lowest BCUT2D eigenvalue weighted by Crippen LogP contribution is -2.28. The van der Waals surface area contributed by atoms with Gasteiger partial charge in [-0.15, -0.1) is 0 Å². The second-order valence-electron chi connectivity index (χ2n) is 5.62. The molecular weight excluding hydrogens is 264 g/mol. The molecule has 3 aromatic heterocycles. The van der Waals surface area contributed by atoms with Gasteiger partial charge in [0.05, 0.1) is 18.8 Å². The predicted molar refractivity (Wildman–Crippen MR) is 80.0 cm³/mol. The van der Waals surface area contributed by atoms with Crippen LogP contribution in [0.3, 0.4) is 0 Å². The molecule has 0 aliphatic heterocycles. The Morgan fingerprint density at radius 3 is 1.33 bits per heavy atom. The Morgan fingerprint density at radius 2 is 1.10 bits per heavy atom. The van der Waals surface area contributed by atoms with Gasteiger partial charge in [-0.2, -0.15) is 0 Å². The lowest BCUT2D eigenvalue weighted by Gasteiger charge is -2.30. The highest BCUT2D eigenvalue weighted by atomic mass is 16.3. The SMILES string of the molecule is CCC(Cc1ccco1)(Cc1ccco1)Cc1ccco1. The summed E-state index contributed by atoms with van der Waals surface area (Å²) in [5.74, 6) is 3.03. The van der Waals surface area contributed by atoms with Crippen molar-refractivity contribution in [2.75, 3.05) is 0 Å². The summed E-state index contributed by atoms with van der Waals surface area (Å²) < 4.78 is 16.7. The maximum absolute atomic E-state index is 5.57. The summed E-state index contributed by atoms with van der Waals surface area (Å²) in [5, 5.41) is 0. The van der Waals surface area contributed by atoms with Gasteiger partial charge in [0.25, 0.3) is 0 Å². The summed E-state index contributed by atoms with van der Waals surface area (Å²) in [6, 6.07) is 11.9. The third-order valence-corrected chi connectivity index (χ3v) is 4.14. The first-order valence-corrected chi connectivity index (χ1v) is 7.37. The van der Waals surface area contributed by atoms with Crippen LogP contribution in [-0.4, -0.2) is 0 Å². The van der Waals surface area contributed by atoms with E-state index in [1.54, 1.807) is 18.8 Å². The molecule has 0 fully saturated rings. The third-order valence-electron chi connectivity index (χ3n) is 4.14. The number of hydrogen-bond donors (Lipinski definition) is 0. The van der Waals surface area contributed by atoms with Crippen LogP contribution in [0.5, 0.6) is 0 Å². The van der Waals surface area contributed by atoms with Crippen molar-refractivity contribution in [3.05, 3.63) is 72.5 Å². The molecule has 0 radical (unpaired) electrons. The molecule has 0 bridgehead atoms. The van der Waals surface area contributed by atoms with Gasteiger partial charge in [0.15, 0.2) is 0 Å². The Hall–Kier alpha value is -2.16. The molecule has 3 aromatic rings. The predicted octanol–water partition coefficient (Wildman–Crippen LogP) is 4.89. The Labute approximate surface area is 124 Å². The van der Waals surface area contributed by atoms with Crippen LogP contribution in [0, 0.1) is 5.41 Å². The molecule has 0 aliphatic rings. The van der Waals surface area contributed by atoms with Gasteiger partial charge < -0.3 is 13.3 Å². The van der Waals surface area contributed by atoms with Crippen LogP contribution in [-0.2, 0) is 19.3 Å². The van der Waals surface area contributed by atoms with Crippen molar-refractivity contribution in [3.63, 3.8) is 0 Å². The molecule has 3 rings (SSSR count). The van der Waals surface area contributed by atoms with Crippen LogP contribution in [0.4, 0.5) is 0 Å². The van der Waals surface area contributed by atoms with E-state index >= 15 is 0 Å². The van der Waals surface area contributed by atoms with Crippen molar-refractivity contribution in [3.8, 4) is 0 Å². The van der Waals surface area contributed by atoms with Crippen molar-refractivity contribution in [2.45, 2.75) is 32.6 Å². The minimum Gasteiger partial charge on any atom is -0.469 e. The molecule has 3 heterocycles. The molecule has 110 valence electrons. The fourth-order valence-electron chi connectivity index (χ4n) is 2.91. The fourth-order valence-corrected chi connectivity index (χ4v) is 2.91. The molecule has 0 saturated carbocycles. The van der Waals surface area contributed by atoms with Crippen molar-refractivity contribution < 1.29 is 13.3 Å². The average molecular weight is 284 g/mol. The molecule has 0 amide bonds. The molecule has 0 N–H and O–H groups in total. The summed E-state index contributed by atoms with van der Waals surface area (Å²) >= 11 is 0. The summed E-state index contributed by atoms with van der Waals surface area (Å²) in [4.78, 5) is 0. The van der Waals surface area contributed by atoms with E-state index in [0.29, 0.717) is 0 Å². The van der Waals surface area contributed by atoms with Crippen molar-refractivity contribution in [2.24, 2.45) is 5.41 Å². The highest BCUT2D eigenvalue weighted by molar-refractivity contribution is 5.11. The third kappa shape index (κ3) is 3.30.